The number of hydrogen-bond acceptors (Lipinski definition) is 5. The van der Waals surface area contributed by atoms with Gasteiger partial charge < -0.3 is 25.8 Å². The van der Waals surface area contributed by atoms with Gasteiger partial charge in [0.1, 0.15) is 0 Å². The molecule has 29 heavy (non-hydrogen) atoms. The summed E-state index contributed by atoms with van der Waals surface area (Å²) in [6.07, 6.45) is 4.96. The van der Waals surface area contributed by atoms with Crippen LogP contribution in [0.2, 0.25) is 0 Å². The smallest absolute Gasteiger partial charge is 0.870 e. The molecule has 0 fully saturated rings. The van der Waals surface area contributed by atoms with Crippen LogP contribution in [0.15, 0.2) is 72.1 Å². The first-order valence-electron chi connectivity index (χ1n) is 7.88. The Balaban J connectivity index is 0.000000514. The molecule has 0 saturated heterocycles. The SMILES string of the molecule is COc1cccc(C=N[N-]C(N)=[SH+])c1[OH2+].[Ni+2].[OH-].c1ccc(-c2ccccn2)nc1. The molecule has 154 valence electrons. The molecule has 3 rings (SSSR count). The fourth-order valence-corrected chi connectivity index (χ4v) is 2.06. The maximum absolute atomic E-state index is 7.72. The fourth-order valence-electron chi connectivity index (χ4n) is 2.00. The molecule has 0 bridgehead atoms. The number of para-hydroxylation sites is 1. The van der Waals surface area contributed by atoms with Crippen LogP contribution < -0.4 is 10.5 Å². The zero-order chi connectivity index (χ0) is 19.5. The molecule has 0 atom stereocenters. The van der Waals surface area contributed by atoms with Gasteiger partial charge in [0.2, 0.25) is 5.75 Å². The van der Waals surface area contributed by atoms with Gasteiger partial charge in [0.05, 0.1) is 24.1 Å². The average Bonchev–Trinajstić information content (AvgIpc) is 2.71. The molecular formula is C19H21N5NiO3S+2. The molecular weight excluding hydrogens is 437 g/mol. The van der Waals surface area contributed by atoms with Crippen LogP contribution in [-0.2, 0) is 28.7 Å². The zero-order valence-electron chi connectivity index (χ0n) is 15.4. The summed E-state index contributed by atoms with van der Waals surface area (Å²) in [5, 5.41) is 11.5. The molecule has 0 aliphatic rings. The molecule has 10 heteroatoms. The Labute approximate surface area is 184 Å². The summed E-state index contributed by atoms with van der Waals surface area (Å²) in [7, 11) is 1.51. The molecule has 0 radical (unpaired) electrons. The molecule has 5 N–H and O–H groups in total. The van der Waals surface area contributed by atoms with Gasteiger partial charge in [0.25, 0.3) is 0 Å². The van der Waals surface area contributed by atoms with E-state index in [-0.39, 0.29) is 32.8 Å². The number of rotatable bonds is 4. The minimum Gasteiger partial charge on any atom is -0.870 e. The van der Waals surface area contributed by atoms with Gasteiger partial charge in [-0.2, -0.15) is 0 Å². The Hall–Kier alpha value is -2.91. The molecule has 8 nitrogen and oxygen atoms in total. The molecule has 0 unspecified atom stereocenters. The Bertz CT molecular complexity index is 861. The largest absolute Gasteiger partial charge is 2.00 e. The Morgan fingerprint density at radius 2 is 1.66 bits per heavy atom. The number of aromatic nitrogens is 2. The third-order valence-electron chi connectivity index (χ3n) is 3.23. The second-order valence-electron chi connectivity index (χ2n) is 5.06. The van der Waals surface area contributed by atoms with Gasteiger partial charge in [-0.1, -0.05) is 18.2 Å². The van der Waals surface area contributed by atoms with Crippen molar-refractivity contribution in [1.82, 2.24) is 9.97 Å². The van der Waals surface area contributed by atoms with Crippen molar-refractivity contribution in [3.63, 3.8) is 0 Å². The van der Waals surface area contributed by atoms with Gasteiger partial charge in [0.15, 0.2) is 17.3 Å². The minimum absolute atomic E-state index is 0. The zero-order valence-corrected chi connectivity index (χ0v) is 17.3. The predicted octanol–water partition coefficient (Wildman–Crippen LogP) is 2.13. The van der Waals surface area contributed by atoms with E-state index in [0.717, 1.165) is 11.4 Å². The van der Waals surface area contributed by atoms with E-state index in [4.69, 9.17) is 15.6 Å². The summed E-state index contributed by atoms with van der Waals surface area (Å²) < 4.78 is 4.99. The normalized spacial score (nSPS) is 9.31. The second kappa shape index (κ2) is 14.1. The second-order valence-corrected chi connectivity index (χ2v) is 5.52. The van der Waals surface area contributed by atoms with Gasteiger partial charge in [-0.15, -0.1) is 0 Å². The number of hydrogen-bond donors (Lipinski definition) is 1. The summed E-state index contributed by atoms with van der Waals surface area (Å²) in [6.45, 7) is 0. The van der Waals surface area contributed by atoms with Crippen molar-refractivity contribution in [1.29, 1.82) is 0 Å². The van der Waals surface area contributed by atoms with E-state index in [0.29, 0.717) is 11.3 Å². The van der Waals surface area contributed by atoms with Crippen LogP contribution in [0.1, 0.15) is 5.56 Å². The molecule has 0 aliphatic carbocycles. The van der Waals surface area contributed by atoms with Crippen molar-refractivity contribution in [2.45, 2.75) is 0 Å². The average molecular weight is 458 g/mol. The van der Waals surface area contributed by atoms with Gasteiger partial charge >= 0.3 is 22.2 Å². The molecule has 0 spiro atoms. The summed E-state index contributed by atoms with van der Waals surface area (Å²) in [5.74, 6) is 0.749. The fraction of sp³-hybridized carbons (Fsp3) is 0.0526. The summed E-state index contributed by atoms with van der Waals surface area (Å²) >= 11 is 3.75. The Kier molecular flexibility index (Phi) is 12.7. The van der Waals surface area contributed by atoms with Crippen LogP contribution in [0.5, 0.6) is 11.5 Å². The van der Waals surface area contributed by atoms with Crippen LogP contribution in [0, 0.1) is 0 Å². The van der Waals surface area contributed by atoms with E-state index in [1.54, 1.807) is 30.6 Å². The number of benzene rings is 1. The molecule has 1 aromatic carbocycles. The van der Waals surface area contributed by atoms with E-state index < -0.39 is 0 Å². The first-order chi connectivity index (χ1) is 13.1. The van der Waals surface area contributed by atoms with Crippen molar-refractivity contribution in [2.75, 3.05) is 7.11 Å². The topological polar surface area (TPSA) is 140 Å². The summed E-state index contributed by atoms with van der Waals surface area (Å²) in [4.78, 5) is 8.37. The van der Waals surface area contributed by atoms with E-state index in [1.165, 1.54) is 13.3 Å². The van der Waals surface area contributed by atoms with E-state index in [1.807, 2.05) is 36.4 Å². The number of methoxy groups -OCH3 is 1. The van der Waals surface area contributed by atoms with Crippen molar-refractivity contribution in [3.8, 4) is 22.9 Å². The number of nitrogens with two attached hydrogens (primary N) is 1. The maximum Gasteiger partial charge on any atom is 2.00 e. The third-order valence-corrected chi connectivity index (χ3v) is 3.32. The van der Waals surface area contributed by atoms with Crippen LogP contribution >= 0.6 is 0 Å². The van der Waals surface area contributed by atoms with Crippen molar-refractivity contribution in [2.24, 2.45) is 10.8 Å². The predicted molar refractivity (Wildman–Crippen MR) is 114 cm³/mol. The van der Waals surface area contributed by atoms with Crippen LogP contribution in [-0.4, -0.2) is 39.0 Å². The Morgan fingerprint density at radius 1 is 1.07 bits per heavy atom. The number of pyridine rings is 2. The number of nitrogens with zero attached hydrogens (tertiary/aromatic N) is 4. The quantitative estimate of drug-likeness (QED) is 0.159. The van der Waals surface area contributed by atoms with Gasteiger partial charge in [-0.05, 0) is 36.4 Å². The van der Waals surface area contributed by atoms with E-state index in [9.17, 15) is 0 Å². The van der Waals surface area contributed by atoms with Gasteiger partial charge in [-0.25, -0.2) is 0 Å². The first-order valence-corrected chi connectivity index (χ1v) is 8.33. The third kappa shape index (κ3) is 8.76. The summed E-state index contributed by atoms with van der Waals surface area (Å²) in [6, 6.07) is 16.8. The minimum atomic E-state index is 0. The van der Waals surface area contributed by atoms with Crippen LogP contribution in [0.4, 0.5) is 0 Å². The van der Waals surface area contributed by atoms with Crippen molar-refractivity contribution < 1.29 is 31.8 Å². The van der Waals surface area contributed by atoms with Crippen LogP contribution in [0.25, 0.3) is 16.8 Å². The molecule has 0 saturated carbocycles. The summed E-state index contributed by atoms with van der Waals surface area (Å²) in [5.41, 5.74) is 11.1. The monoisotopic (exact) mass is 457 g/mol. The number of ether oxygens (including phenoxy) is 1. The maximum atomic E-state index is 7.72. The number of thiol groups is 1. The molecule has 2 aromatic heterocycles. The van der Waals surface area contributed by atoms with Crippen molar-refractivity contribution >= 4 is 23.5 Å². The van der Waals surface area contributed by atoms with E-state index in [2.05, 4.69) is 32.7 Å². The van der Waals surface area contributed by atoms with Crippen molar-refractivity contribution in [3.05, 3.63) is 78.0 Å². The molecule has 0 aliphatic heterocycles. The van der Waals surface area contributed by atoms with Gasteiger partial charge in [0, 0.05) is 18.6 Å². The Morgan fingerprint density at radius 3 is 2.10 bits per heavy atom. The molecule has 3 aromatic rings. The van der Waals surface area contributed by atoms with Crippen LogP contribution in [0.3, 0.4) is 0 Å². The van der Waals surface area contributed by atoms with Gasteiger partial charge in [-0.3, -0.25) is 15.7 Å². The molecule has 2 heterocycles. The molecule has 0 amide bonds. The first kappa shape index (κ1) is 26.1. The van der Waals surface area contributed by atoms with E-state index >= 15 is 0 Å². The standard InChI is InChI=1S/C10H8N2.C9H11N3O2S.Ni.H2O/c1-3-7-11-9(5-1)10-6-2-4-8-12-10;1-14-7-4-2-3-6(8(7)13)5-11-12-9(10)15;;/h1-8H;2-5H,1H3,(H4,10,11,12,13,15);;1H2/q;;+2;.